The highest BCUT2D eigenvalue weighted by Crippen LogP contribution is 2.35. The van der Waals surface area contributed by atoms with Crippen molar-refractivity contribution in [1.82, 2.24) is 0 Å². The molecule has 1 unspecified atom stereocenters. The van der Waals surface area contributed by atoms with Crippen LogP contribution in [0.3, 0.4) is 0 Å². The van der Waals surface area contributed by atoms with E-state index in [9.17, 15) is 9.90 Å². The van der Waals surface area contributed by atoms with Gasteiger partial charge in [0.2, 0.25) is 0 Å². The first-order chi connectivity index (χ1) is 17.6. The predicted molar refractivity (Wildman–Crippen MR) is 134 cm³/mol. The van der Waals surface area contributed by atoms with Gasteiger partial charge in [-0.2, -0.15) is 0 Å². The van der Waals surface area contributed by atoms with Gasteiger partial charge < -0.3 is 28.8 Å². The van der Waals surface area contributed by atoms with Crippen LogP contribution in [0.1, 0.15) is 76.6 Å². The molecule has 3 rings (SSSR count). The number of benzene rings is 1. The van der Waals surface area contributed by atoms with Gasteiger partial charge in [-0.3, -0.25) is 4.79 Å². The Morgan fingerprint density at radius 2 is 1.75 bits per heavy atom. The minimum absolute atomic E-state index is 0.178. The molecular weight excluding hydrogens is 460 g/mol. The zero-order valence-corrected chi connectivity index (χ0v) is 21.3. The molecule has 2 saturated heterocycles. The summed E-state index contributed by atoms with van der Waals surface area (Å²) < 4.78 is 28.6. The van der Waals surface area contributed by atoms with E-state index in [1.807, 2.05) is 30.3 Å². The number of unbranched alkanes of at least 4 members (excludes halogenated alkanes) is 6. The molecule has 0 aromatic heterocycles. The number of carbonyl (C=O) groups is 1. The fourth-order valence-corrected chi connectivity index (χ4v) is 4.23. The lowest BCUT2D eigenvalue weighted by molar-refractivity contribution is -0.358. The number of esters is 1. The summed E-state index contributed by atoms with van der Waals surface area (Å²) in [4.78, 5) is 12.6. The quantitative estimate of drug-likeness (QED) is 0.277. The summed E-state index contributed by atoms with van der Waals surface area (Å²) in [6.45, 7) is 2.43. The van der Waals surface area contributed by atoms with Crippen molar-refractivity contribution < 1.29 is 33.6 Å². The minimum atomic E-state index is -1.19. The van der Waals surface area contributed by atoms with Gasteiger partial charge in [-0.05, 0) is 24.7 Å². The van der Waals surface area contributed by atoms with Crippen LogP contribution in [-0.2, 0) is 28.5 Å². The number of ether oxygens (including phenoxy) is 5. The van der Waals surface area contributed by atoms with Crippen LogP contribution < -0.4 is 0 Å². The molecule has 7 nitrogen and oxygen atoms in total. The van der Waals surface area contributed by atoms with E-state index in [2.05, 4.69) is 30.6 Å². The van der Waals surface area contributed by atoms with E-state index in [0.29, 0.717) is 12.8 Å². The number of hydrogen-bond acceptors (Lipinski definition) is 7. The Balaban J connectivity index is 1.46. The molecule has 1 aromatic carbocycles. The van der Waals surface area contributed by atoms with E-state index in [1.165, 1.54) is 32.8 Å². The maximum atomic E-state index is 12.6. The fourth-order valence-electron chi connectivity index (χ4n) is 4.23. The molecule has 0 aliphatic carbocycles. The van der Waals surface area contributed by atoms with Crippen molar-refractivity contribution in [2.75, 3.05) is 13.7 Å². The normalized spacial score (nSPS) is 27.1. The van der Waals surface area contributed by atoms with Gasteiger partial charge >= 0.3 is 5.97 Å². The maximum Gasteiger partial charge on any atom is 0.306 e. The van der Waals surface area contributed by atoms with Gasteiger partial charge in [-0.25, -0.2) is 0 Å². The standard InChI is InChI=1S/C29H38O7/c1-3-4-5-6-7-8-9-10-11-12-13-17-20-24(30)35-27-25(31)29(32-2)34-23-21-33-28(36-26(23)27)22-18-15-14-16-19-22/h14-16,18-19,23,25-29,31H,3-8,13,17,20-21H2,1-2H3/t23-,25-,26-,27-,28?,29+/m1/s1. The number of aliphatic hydroxyl groups is 1. The average Bonchev–Trinajstić information content (AvgIpc) is 2.91. The second-order valence-electron chi connectivity index (χ2n) is 9.02. The zero-order chi connectivity index (χ0) is 25.6. The molecule has 0 amide bonds. The SMILES string of the molecule is CCCCCCCC#CC#CCCCC(=O)O[C@@H]1[C@@H](O)[C@@H](OC)O[C@@H]2COC(c3ccccc3)O[C@@H]12. The summed E-state index contributed by atoms with van der Waals surface area (Å²) in [6, 6.07) is 9.47. The first kappa shape index (κ1) is 28.2. The molecule has 2 heterocycles. The van der Waals surface area contributed by atoms with E-state index in [4.69, 9.17) is 23.7 Å². The molecule has 2 aliphatic heterocycles. The fraction of sp³-hybridized carbons (Fsp3) is 0.621. The van der Waals surface area contributed by atoms with Gasteiger partial charge in [0.1, 0.15) is 18.3 Å². The molecular formula is C29H38O7. The first-order valence-electron chi connectivity index (χ1n) is 13.0. The third kappa shape index (κ3) is 8.62. The van der Waals surface area contributed by atoms with Crippen molar-refractivity contribution in [3.05, 3.63) is 35.9 Å². The Morgan fingerprint density at radius 1 is 1.03 bits per heavy atom. The van der Waals surface area contributed by atoms with Crippen LogP contribution in [0.15, 0.2) is 30.3 Å². The van der Waals surface area contributed by atoms with Crippen LogP contribution in [0.2, 0.25) is 0 Å². The zero-order valence-electron chi connectivity index (χ0n) is 21.3. The molecule has 0 spiro atoms. The summed E-state index contributed by atoms with van der Waals surface area (Å²) >= 11 is 0. The topological polar surface area (TPSA) is 83.5 Å². The van der Waals surface area contributed by atoms with Gasteiger partial charge in [-0.1, -0.05) is 74.8 Å². The smallest absolute Gasteiger partial charge is 0.306 e. The number of aliphatic hydroxyl groups excluding tert-OH is 1. The van der Waals surface area contributed by atoms with Crippen LogP contribution in [0.5, 0.6) is 0 Å². The van der Waals surface area contributed by atoms with E-state index in [-0.39, 0.29) is 13.0 Å². The molecule has 1 N–H and O–H groups in total. The summed E-state index contributed by atoms with van der Waals surface area (Å²) in [5.41, 5.74) is 0.836. The van der Waals surface area contributed by atoms with E-state index in [1.54, 1.807) is 0 Å². The Hall–Kier alpha value is -2.39. The Morgan fingerprint density at radius 3 is 2.47 bits per heavy atom. The molecule has 2 fully saturated rings. The molecule has 0 radical (unpaired) electrons. The highest BCUT2D eigenvalue weighted by Gasteiger charge is 2.51. The maximum absolute atomic E-state index is 12.6. The highest BCUT2D eigenvalue weighted by molar-refractivity contribution is 5.69. The van der Waals surface area contributed by atoms with Crippen molar-refractivity contribution in [1.29, 1.82) is 0 Å². The lowest BCUT2D eigenvalue weighted by Crippen LogP contribution is -2.63. The van der Waals surface area contributed by atoms with Crippen molar-refractivity contribution in [3.63, 3.8) is 0 Å². The number of methoxy groups -OCH3 is 1. The molecule has 0 saturated carbocycles. The average molecular weight is 499 g/mol. The summed E-state index contributed by atoms with van der Waals surface area (Å²) in [7, 11) is 1.43. The van der Waals surface area contributed by atoms with Crippen LogP contribution >= 0.6 is 0 Å². The van der Waals surface area contributed by atoms with Crippen molar-refractivity contribution in [2.45, 2.75) is 102 Å². The van der Waals surface area contributed by atoms with Crippen LogP contribution in [0, 0.1) is 23.7 Å². The van der Waals surface area contributed by atoms with E-state index < -0.39 is 43.0 Å². The number of carbonyl (C=O) groups excluding carboxylic acids is 1. The molecule has 1 aromatic rings. The molecule has 196 valence electrons. The summed E-state index contributed by atoms with van der Waals surface area (Å²) in [6.07, 6.45) is 3.34. The third-order valence-electron chi connectivity index (χ3n) is 6.21. The summed E-state index contributed by atoms with van der Waals surface area (Å²) in [5.74, 6) is 11.4. The van der Waals surface area contributed by atoms with Crippen LogP contribution in [-0.4, -0.2) is 55.5 Å². The lowest BCUT2D eigenvalue weighted by atomic mass is 9.97. The number of rotatable bonds is 11. The molecule has 0 bridgehead atoms. The van der Waals surface area contributed by atoms with Gasteiger partial charge in [0.05, 0.1) is 6.61 Å². The Bertz CT molecular complexity index is 910. The van der Waals surface area contributed by atoms with Crippen LogP contribution in [0.25, 0.3) is 0 Å². The Labute approximate surface area is 214 Å². The van der Waals surface area contributed by atoms with Gasteiger partial charge in [0, 0.05) is 31.9 Å². The lowest BCUT2D eigenvalue weighted by Gasteiger charge is -2.47. The number of hydrogen-bond donors (Lipinski definition) is 1. The van der Waals surface area contributed by atoms with Crippen molar-refractivity contribution in [2.24, 2.45) is 0 Å². The third-order valence-corrected chi connectivity index (χ3v) is 6.21. The largest absolute Gasteiger partial charge is 0.456 e. The monoisotopic (exact) mass is 498 g/mol. The van der Waals surface area contributed by atoms with Gasteiger partial charge in [0.25, 0.3) is 0 Å². The second-order valence-corrected chi connectivity index (χ2v) is 9.02. The molecule has 7 heteroatoms. The second kappa shape index (κ2) is 15.7. The highest BCUT2D eigenvalue weighted by atomic mass is 16.8. The predicted octanol–water partition coefficient (Wildman–Crippen LogP) is 4.28. The molecule has 36 heavy (non-hydrogen) atoms. The first-order valence-corrected chi connectivity index (χ1v) is 13.0. The van der Waals surface area contributed by atoms with E-state index >= 15 is 0 Å². The van der Waals surface area contributed by atoms with Crippen molar-refractivity contribution >= 4 is 5.97 Å². The van der Waals surface area contributed by atoms with Gasteiger partial charge in [0.15, 0.2) is 18.7 Å². The number of fused-ring (bicyclic) bond motifs is 1. The van der Waals surface area contributed by atoms with Crippen molar-refractivity contribution in [3.8, 4) is 23.7 Å². The molecule has 2 aliphatic rings. The Kier molecular flexibility index (Phi) is 12.3. The van der Waals surface area contributed by atoms with Gasteiger partial charge in [-0.15, -0.1) is 0 Å². The summed E-state index contributed by atoms with van der Waals surface area (Å²) in [5, 5.41) is 10.8. The van der Waals surface area contributed by atoms with E-state index in [0.717, 1.165) is 18.4 Å². The minimum Gasteiger partial charge on any atom is -0.456 e. The molecule has 6 atom stereocenters. The van der Waals surface area contributed by atoms with Crippen LogP contribution in [0.4, 0.5) is 0 Å².